The number of amides is 1. The van der Waals surface area contributed by atoms with Crippen molar-refractivity contribution in [3.05, 3.63) is 108 Å². The van der Waals surface area contributed by atoms with E-state index in [4.69, 9.17) is 8.92 Å². The number of anilines is 1. The number of esters is 1. The minimum Gasteiger partial charge on any atom is -0.462 e. The molecule has 0 unspecified atom stereocenters. The van der Waals surface area contributed by atoms with Crippen LogP contribution < -0.4 is 9.50 Å². The molecular formula is C29H22N2O6S. The van der Waals surface area contributed by atoms with Gasteiger partial charge in [-0.2, -0.15) is 13.7 Å². The van der Waals surface area contributed by atoms with E-state index < -0.39 is 22.0 Å². The van der Waals surface area contributed by atoms with Crippen molar-refractivity contribution in [1.82, 2.24) is 0 Å². The fraction of sp³-hybridized carbons (Fsp3) is 0.0690. The molecule has 0 radical (unpaired) electrons. The third-order valence-electron chi connectivity index (χ3n) is 5.40. The van der Waals surface area contributed by atoms with E-state index in [1.807, 2.05) is 30.3 Å². The summed E-state index contributed by atoms with van der Waals surface area (Å²) >= 11 is 0. The number of nitriles is 1. The van der Waals surface area contributed by atoms with E-state index in [0.717, 1.165) is 10.8 Å². The van der Waals surface area contributed by atoms with E-state index in [1.54, 1.807) is 25.1 Å². The number of fused-ring (bicyclic) bond motifs is 1. The second kappa shape index (κ2) is 11.4. The van der Waals surface area contributed by atoms with Crippen LogP contribution in [0.3, 0.4) is 0 Å². The average molecular weight is 527 g/mol. The van der Waals surface area contributed by atoms with Gasteiger partial charge in [0.1, 0.15) is 22.3 Å². The standard InChI is InChI=1S/C29H22N2O6S/c1-2-36-29(33)22-10-13-25(14-11-22)31-28(32)24(19-30)16-20-6-5-9-26(17-20)37-38(34,35)27-15-12-21-7-3-4-8-23(21)18-27/h3-18H,2H2,1H3,(H,31,32)/b24-16+. The molecule has 1 amide bonds. The highest BCUT2D eigenvalue weighted by molar-refractivity contribution is 7.87. The van der Waals surface area contributed by atoms with Crippen molar-refractivity contribution in [3.8, 4) is 11.8 Å². The summed E-state index contributed by atoms with van der Waals surface area (Å²) in [6, 6.07) is 26.0. The van der Waals surface area contributed by atoms with Crippen molar-refractivity contribution in [3.63, 3.8) is 0 Å². The molecule has 0 aliphatic heterocycles. The monoisotopic (exact) mass is 526 g/mol. The maximum atomic E-state index is 12.9. The summed E-state index contributed by atoms with van der Waals surface area (Å²) in [6.45, 7) is 1.95. The molecular weight excluding hydrogens is 504 g/mol. The maximum Gasteiger partial charge on any atom is 0.339 e. The summed E-state index contributed by atoms with van der Waals surface area (Å²) in [5.74, 6) is -1.13. The summed E-state index contributed by atoms with van der Waals surface area (Å²) in [5.41, 5.74) is 0.883. The molecule has 0 saturated carbocycles. The minimum atomic E-state index is -4.12. The second-order valence-electron chi connectivity index (χ2n) is 8.04. The van der Waals surface area contributed by atoms with Gasteiger partial charge in [-0.1, -0.05) is 42.5 Å². The van der Waals surface area contributed by atoms with Crippen LogP contribution in [0.15, 0.2) is 101 Å². The average Bonchev–Trinajstić information content (AvgIpc) is 2.92. The van der Waals surface area contributed by atoms with Crippen LogP contribution in [0.2, 0.25) is 0 Å². The van der Waals surface area contributed by atoms with Crippen molar-refractivity contribution in [2.24, 2.45) is 0 Å². The molecule has 0 spiro atoms. The highest BCUT2D eigenvalue weighted by atomic mass is 32.2. The number of carbonyl (C=O) groups excluding carboxylic acids is 2. The Balaban J connectivity index is 1.49. The maximum absolute atomic E-state index is 12.9. The van der Waals surface area contributed by atoms with Gasteiger partial charge in [0.05, 0.1) is 12.2 Å². The van der Waals surface area contributed by atoms with Gasteiger partial charge in [-0.15, -0.1) is 0 Å². The van der Waals surface area contributed by atoms with Gasteiger partial charge in [-0.25, -0.2) is 4.79 Å². The van der Waals surface area contributed by atoms with Crippen molar-refractivity contribution in [2.75, 3.05) is 11.9 Å². The zero-order valence-corrected chi connectivity index (χ0v) is 21.1. The van der Waals surface area contributed by atoms with Crippen molar-refractivity contribution >= 4 is 44.5 Å². The van der Waals surface area contributed by atoms with Crippen LogP contribution in [0.25, 0.3) is 16.8 Å². The molecule has 9 heteroatoms. The summed E-state index contributed by atoms with van der Waals surface area (Å²) in [5, 5.41) is 13.8. The van der Waals surface area contributed by atoms with Gasteiger partial charge in [-0.3, -0.25) is 4.79 Å². The Morgan fingerprint density at radius 1 is 0.921 bits per heavy atom. The number of benzene rings is 4. The van der Waals surface area contributed by atoms with Crippen LogP contribution >= 0.6 is 0 Å². The molecule has 4 aromatic rings. The number of hydrogen-bond acceptors (Lipinski definition) is 7. The van der Waals surface area contributed by atoms with Crippen LogP contribution in [-0.4, -0.2) is 26.9 Å². The Kier molecular flexibility index (Phi) is 7.85. The highest BCUT2D eigenvalue weighted by Crippen LogP contribution is 2.24. The quantitative estimate of drug-likeness (QED) is 0.142. The molecule has 0 heterocycles. The number of nitrogens with zero attached hydrogens (tertiary/aromatic N) is 1. The lowest BCUT2D eigenvalue weighted by Crippen LogP contribution is -2.13. The highest BCUT2D eigenvalue weighted by Gasteiger charge is 2.18. The predicted molar refractivity (Wildman–Crippen MR) is 143 cm³/mol. The number of rotatable bonds is 8. The Bertz CT molecular complexity index is 1690. The normalized spacial score (nSPS) is 11.4. The molecule has 38 heavy (non-hydrogen) atoms. The molecule has 0 aromatic heterocycles. The van der Waals surface area contributed by atoms with E-state index in [9.17, 15) is 23.3 Å². The largest absolute Gasteiger partial charge is 0.462 e. The van der Waals surface area contributed by atoms with E-state index in [1.165, 1.54) is 54.6 Å². The van der Waals surface area contributed by atoms with Crippen molar-refractivity contribution in [2.45, 2.75) is 11.8 Å². The summed E-state index contributed by atoms with van der Waals surface area (Å²) in [6.07, 6.45) is 1.32. The lowest BCUT2D eigenvalue weighted by molar-refractivity contribution is -0.112. The lowest BCUT2D eigenvalue weighted by Gasteiger charge is -2.09. The predicted octanol–water partition coefficient (Wildman–Crippen LogP) is 5.33. The molecule has 190 valence electrons. The molecule has 0 aliphatic carbocycles. The van der Waals surface area contributed by atoms with Crippen LogP contribution in [0.4, 0.5) is 5.69 Å². The molecule has 0 bridgehead atoms. The third kappa shape index (κ3) is 6.24. The molecule has 0 saturated heterocycles. The first kappa shape index (κ1) is 26.1. The molecule has 0 atom stereocenters. The zero-order valence-electron chi connectivity index (χ0n) is 20.2. The Morgan fingerprint density at radius 3 is 2.37 bits per heavy atom. The fourth-order valence-corrected chi connectivity index (χ4v) is 4.53. The molecule has 8 nitrogen and oxygen atoms in total. The Morgan fingerprint density at radius 2 is 1.66 bits per heavy atom. The first-order valence-electron chi connectivity index (χ1n) is 11.5. The summed E-state index contributed by atoms with van der Waals surface area (Å²) in [4.78, 5) is 24.4. The third-order valence-corrected chi connectivity index (χ3v) is 6.65. The molecule has 0 aliphatic rings. The van der Waals surface area contributed by atoms with Gasteiger partial charge in [0.25, 0.3) is 5.91 Å². The SMILES string of the molecule is CCOC(=O)c1ccc(NC(=O)/C(C#N)=C/c2cccc(OS(=O)(=O)c3ccc4ccccc4c3)c2)cc1. The van der Waals surface area contributed by atoms with Gasteiger partial charge in [0.15, 0.2) is 0 Å². The zero-order chi connectivity index (χ0) is 27.1. The summed E-state index contributed by atoms with van der Waals surface area (Å²) in [7, 11) is -4.12. The Labute approximate surface area is 219 Å². The van der Waals surface area contributed by atoms with Crippen molar-refractivity contribution in [1.29, 1.82) is 5.26 Å². The molecule has 1 N–H and O–H groups in total. The van der Waals surface area contributed by atoms with E-state index in [-0.39, 0.29) is 22.8 Å². The fourth-order valence-electron chi connectivity index (χ4n) is 3.57. The number of carbonyl (C=O) groups is 2. The van der Waals surface area contributed by atoms with E-state index >= 15 is 0 Å². The van der Waals surface area contributed by atoms with E-state index in [0.29, 0.717) is 16.8 Å². The van der Waals surface area contributed by atoms with Crippen LogP contribution in [0.1, 0.15) is 22.8 Å². The number of ether oxygens (including phenoxy) is 1. The summed E-state index contributed by atoms with van der Waals surface area (Å²) < 4.78 is 36.0. The minimum absolute atomic E-state index is 0.00297. The van der Waals surface area contributed by atoms with Crippen LogP contribution in [0, 0.1) is 11.3 Å². The lowest BCUT2D eigenvalue weighted by atomic mass is 10.1. The van der Waals surface area contributed by atoms with Crippen LogP contribution in [0.5, 0.6) is 5.75 Å². The van der Waals surface area contributed by atoms with Gasteiger partial charge in [0, 0.05) is 5.69 Å². The smallest absolute Gasteiger partial charge is 0.339 e. The second-order valence-corrected chi connectivity index (χ2v) is 9.59. The first-order valence-corrected chi connectivity index (χ1v) is 12.9. The van der Waals surface area contributed by atoms with Gasteiger partial charge >= 0.3 is 16.1 Å². The molecule has 0 fully saturated rings. The molecule has 4 rings (SSSR count). The Hall–Kier alpha value is -4.94. The number of hydrogen-bond donors (Lipinski definition) is 1. The molecule has 4 aromatic carbocycles. The van der Waals surface area contributed by atoms with E-state index in [2.05, 4.69) is 5.32 Å². The van der Waals surface area contributed by atoms with Gasteiger partial charge < -0.3 is 14.2 Å². The topological polar surface area (TPSA) is 123 Å². The first-order chi connectivity index (χ1) is 18.3. The number of nitrogens with one attached hydrogen (secondary N) is 1. The van der Waals surface area contributed by atoms with Crippen molar-refractivity contribution < 1.29 is 26.9 Å². The van der Waals surface area contributed by atoms with Gasteiger partial charge in [-0.05, 0) is 77.9 Å². The van der Waals surface area contributed by atoms with Gasteiger partial charge in [0.2, 0.25) is 0 Å². The van der Waals surface area contributed by atoms with Crippen LogP contribution in [-0.2, 0) is 19.6 Å².